The Bertz CT molecular complexity index is 960. The average Bonchev–Trinajstić information content (AvgIpc) is 3.10. The maximum Gasteiger partial charge on any atom is 0.157 e. The Hall–Kier alpha value is -1.63. The molecule has 1 heterocycles. The molecule has 0 aromatic carbocycles. The zero-order chi connectivity index (χ0) is 21.6. The fourth-order valence-corrected chi connectivity index (χ4v) is 10.4. The predicted molar refractivity (Wildman–Crippen MR) is 119 cm³/mol. The summed E-state index contributed by atoms with van der Waals surface area (Å²) in [6, 6.07) is 2.12. The third-order valence-corrected chi connectivity index (χ3v) is 11.8. The molecule has 8 unspecified atom stereocenters. The lowest BCUT2D eigenvalue weighted by molar-refractivity contribution is -0.128. The van der Waals surface area contributed by atoms with Gasteiger partial charge in [-0.25, -0.2) is 0 Å². The van der Waals surface area contributed by atoms with Crippen molar-refractivity contribution < 1.29 is 4.79 Å². The maximum atomic E-state index is 13.5. The SMILES string of the molecule is CC1CCC2(C)C(CCC3C2CCC24C(C(=O)Cn5cc(C#N)cn5)CCC32[C@@H]4C)C1. The van der Waals surface area contributed by atoms with Gasteiger partial charge in [-0.15, -0.1) is 0 Å². The number of rotatable bonds is 3. The molecule has 31 heavy (non-hydrogen) atoms. The fraction of sp³-hybridized carbons (Fsp3) is 0.815. The van der Waals surface area contributed by atoms with Crippen molar-refractivity contribution in [2.24, 2.45) is 51.8 Å². The van der Waals surface area contributed by atoms with Crippen molar-refractivity contribution in [2.45, 2.75) is 85.1 Å². The number of hydrogen-bond acceptors (Lipinski definition) is 3. The highest BCUT2D eigenvalue weighted by atomic mass is 16.1. The lowest BCUT2D eigenvalue weighted by atomic mass is 9.46. The van der Waals surface area contributed by atoms with E-state index in [0.717, 1.165) is 30.1 Å². The highest BCUT2D eigenvalue weighted by Gasteiger charge is 2.84. The number of nitrogens with zero attached hydrogens (tertiary/aromatic N) is 3. The summed E-state index contributed by atoms with van der Waals surface area (Å²) < 4.78 is 1.69. The molecule has 166 valence electrons. The second kappa shape index (κ2) is 6.46. The van der Waals surface area contributed by atoms with E-state index in [2.05, 4.69) is 31.9 Å². The van der Waals surface area contributed by atoms with E-state index in [1.807, 2.05) is 0 Å². The van der Waals surface area contributed by atoms with Crippen LogP contribution in [0.25, 0.3) is 0 Å². The molecule has 0 saturated heterocycles. The van der Waals surface area contributed by atoms with E-state index in [-0.39, 0.29) is 11.3 Å². The Morgan fingerprint density at radius 1 is 1.13 bits per heavy atom. The van der Waals surface area contributed by atoms with Gasteiger partial charge in [-0.05, 0) is 97.2 Å². The molecule has 5 aliphatic rings. The summed E-state index contributed by atoms with van der Waals surface area (Å²) in [5.74, 6) is 4.84. The average molecular weight is 420 g/mol. The van der Waals surface area contributed by atoms with Gasteiger partial charge >= 0.3 is 0 Å². The zero-order valence-corrected chi connectivity index (χ0v) is 19.4. The first kappa shape index (κ1) is 20.0. The molecule has 0 radical (unpaired) electrons. The Morgan fingerprint density at radius 2 is 1.94 bits per heavy atom. The second-order valence-electron chi connectivity index (χ2n) is 12.3. The first-order chi connectivity index (χ1) is 14.9. The Morgan fingerprint density at radius 3 is 2.71 bits per heavy atom. The summed E-state index contributed by atoms with van der Waals surface area (Å²) in [7, 11) is 0. The summed E-state index contributed by atoms with van der Waals surface area (Å²) in [5, 5.41) is 13.3. The van der Waals surface area contributed by atoms with Crippen LogP contribution in [0.15, 0.2) is 12.4 Å². The largest absolute Gasteiger partial charge is 0.297 e. The maximum absolute atomic E-state index is 13.5. The molecule has 1 aromatic rings. The number of aromatic nitrogens is 2. The molecule has 4 nitrogen and oxygen atoms in total. The summed E-state index contributed by atoms with van der Waals surface area (Å²) in [4.78, 5) is 13.5. The number of hydrogen-bond donors (Lipinski definition) is 0. The number of ketones is 1. The molecule has 5 aliphatic carbocycles. The van der Waals surface area contributed by atoms with Crippen LogP contribution in [0, 0.1) is 63.1 Å². The minimum absolute atomic E-state index is 0.204. The van der Waals surface area contributed by atoms with Crippen LogP contribution < -0.4 is 0 Å². The molecule has 0 bridgehead atoms. The Kier molecular flexibility index (Phi) is 4.17. The summed E-state index contributed by atoms with van der Waals surface area (Å²) in [6.45, 7) is 7.94. The van der Waals surface area contributed by atoms with Crippen LogP contribution >= 0.6 is 0 Å². The molecule has 0 spiro atoms. The van der Waals surface area contributed by atoms with Crippen molar-refractivity contribution >= 4 is 5.78 Å². The van der Waals surface area contributed by atoms with Crippen molar-refractivity contribution in [3.05, 3.63) is 18.0 Å². The second-order valence-corrected chi connectivity index (χ2v) is 12.3. The molecule has 0 amide bonds. The molecular weight excluding hydrogens is 382 g/mol. The third kappa shape index (κ3) is 2.36. The van der Waals surface area contributed by atoms with Crippen molar-refractivity contribution in [3.63, 3.8) is 0 Å². The van der Waals surface area contributed by atoms with Gasteiger partial charge in [0.05, 0.1) is 18.3 Å². The predicted octanol–water partition coefficient (Wildman–Crippen LogP) is 5.62. The molecule has 1 aromatic heterocycles. The van der Waals surface area contributed by atoms with E-state index in [0.29, 0.717) is 34.6 Å². The molecule has 0 aliphatic heterocycles. The van der Waals surface area contributed by atoms with Gasteiger partial charge in [-0.1, -0.05) is 27.2 Å². The fourth-order valence-electron chi connectivity index (χ4n) is 10.4. The number of carbonyl (C=O) groups is 1. The van der Waals surface area contributed by atoms with E-state index < -0.39 is 0 Å². The number of fused-ring (bicyclic) bond motifs is 3. The number of carbonyl (C=O) groups excluding carboxylic acids is 1. The van der Waals surface area contributed by atoms with Crippen LogP contribution in [0.5, 0.6) is 0 Å². The van der Waals surface area contributed by atoms with Crippen LogP contribution in [0.2, 0.25) is 0 Å². The van der Waals surface area contributed by atoms with Crippen molar-refractivity contribution in [1.82, 2.24) is 9.78 Å². The first-order valence-electron chi connectivity index (χ1n) is 12.8. The van der Waals surface area contributed by atoms with Crippen LogP contribution in [0.3, 0.4) is 0 Å². The minimum atomic E-state index is 0.204. The smallest absolute Gasteiger partial charge is 0.157 e. The van der Waals surface area contributed by atoms with Gasteiger partial charge in [0.1, 0.15) is 6.07 Å². The summed E-state index contributed by atoms with van der Waals surface area (Å²) >= 11 is 0. The topological polar surface area (TPSA) is 58.7 Å². The van der Waals surface area contributed by atoms with Gasteiger partial charge in [-0.2, -0.15) is 10.4 Å². The van der Waals surface area contributed by atoms with Crippen LogP contribution in [-0.4, -0.2) is 15.6 Å². The third-order valence-electron chi connectivity index (χ3n) is 11.8. The zero-order valence-electron chi connectivity index (χ0n) is 19.4. The van der Waals surface area contributed by atoms with E-state index in [1.54, 1.807) is 17.1 Å². The molecular formula is C27H37N3O. The van der Waals surface area contributed by atoms with Crippen molar-refractivity contribution in [3.8, 4) is 6.07 Å². The molecule has 5 saturated carbocycles. The number of Topliss-reactive ketones (excluding diaryl/α,β-unsaturated/α-hetero) is 1. The van der Waals surface area contributed by atoms with Gasteiger partial charge in [0.15, 0.2) is 5.78 Å². The van der Waals surface area contributed by atoms with E-state index in [4.69, 9.17) is 5.26 Å². The van der Waals surface area contributed by atoms with Crippen LogP contribution in [-0.2, 0) is 11.3 Å². The van der Waals surface area contributed by atoms with Gasteiger partial charge in [0.2, 0.25) is 0 Å². The summed E-state index contributed by atoms with van der Waals surface area (Å²) in [5.41, 5.74) is 1.79. The molecule has 9 atom stereocenters. The highest BCUT2D eigenvalue weighted by Crippen LogP contribution is 2.89. The van der Waals surface area contributed by atoms with Gasteiger partial charge < -0.3 is 0 Å². The highest BCUT2D eigenvalue weighted by molar-refractivity contribution is 5.83. The van der Waals surface area contributed by atoms with Gasteiger partial charge in [-0.3, -0.25) is 9.48 Å². The minimum Gasteiger partial charge on any atom is -0.297 e. The van der Waals surface area contributed by atoms with Gasteiger partial charge in [0.25, 0.3) is 0 Å². The first-order valence-corrected chi connectivity index (χ1v) is 12.8. The van der Waals surface area contributed by atoms with E-state index >= 15 is 0 Å². The van der Waals surface area contributed by atoms with Crippen LogP contribution in [0.4, 0.5) is 0 Å². The Balaban J connectivity index is 1.26. The lowest BCUT2D eigenvalue weighted by Gasteiger charge is -2.59. The van der Waals surface area contributed by atoms with Crippen LogP contribution in [0.1, 0.15) is 84.1 Å². The van der Waals surface area contributed by atoms with Crippen molar-refractivity contribution in [2.75, 3.05) is 0 Å². The van der Waals surface area contributed by atoms with E-state index in [9.17, 15) is 4.79 Å². The molecule has 4 heteroatoms. The van der Waals surface area contributed by atoms with E-state index in [1.165, 1.54) is 51.4 Å². The molecule has 0 N–H and O–H groups in total. The molecule has 6 rings (SSSR count). The Labute approximate surface area is 186 Å². The quantitative estimate of drug-likeness (QED) is 0.639. The van der Waals surface area contributed by atoms with Gasteiger partial charge in [0, 0.05) is 12.1 Å². The summed E-state index contributed by atoms with van der Waals surface area (Å²) in [6.07, 6.45) is 15.4. The monoisotopic (exact) mass is 419 g/mol. The lowest BCUT2D eigenvalue weighted by Crippen LogP contribution is -2.51. The normalized spacial score (nSPS) is 49.9. The number of nitriles is 1. The standard InChI is InChI=1S/C27H37N3O/c1-17-6-9-25(3)20(12-17)4-5-22-21(25)7-10-27-18(2)26(22,27)11-8-23(27)24(31)16-30-15-19(13-28)14-29-30/h14-15,17-18,20-23H,4-12,16H2,1-3H3/t17?,18-,20?,21?,22?,23?,25?,26?,27?/m0/s1. The molecule has 5 fully saturated rings. The van der Waals surface area contributed by atoms with Crippen molar-refractivity contribution in [1.29, 1.82) is 5.26 Å².